The molecule has 0 fully saturated rings. The second-order valence-corrected chi connectivity index (χ2v) is 6.27. The van der Waals surface area contributed by atoms with Gasteiger partial charge in [-0.05, 0) is 44.0 Å². The number of nitrogens with one attached hydrogen (secondary N) is 1. The molecule has 2 aromatic carbocycles. The fraction of sp³-hybridized carbons (Fsp3) is 0.238. The summed E-state index contributed by atoms with van der Waals surface area (Å²) in [6.07, 6.45) is -0.292. The van der Waals surface area contributed by atoms with E-state index in [2.05, 4.69) is 5.32 Å². The minimum Gasteiger partial charge on any atom is -0.449 e. The van der Waals surface area contributed by atoms with Crippen molar-refractivity contribution >= 4 is 22.8 Å². The first-order chi connectivity index (χ1) is 13.0. The summed E-state index contributed by atoms with van der Waals surface area (Å²) in [5, 5.41) is 3.24. The van der Waals surface area contributed by atoms with Gasteiger partial charge in [-0.1, -0.05) is 30.3 Å². The highest BCUT2D eigenvalue weighted by Gasteiger charge is 2.24. The predicted octanol–water partition coefficient (Wildman–Crippen LogP) is 3.78. The predicted molar refractivity (Wildman–Crippen MR) is 98.9 cm³/mol. The molecule has 3 rings (SSSR count). The summed E-state index contributed by atoms with van der Waals surface area (Å²) in [6, 6.07) is 13.7. The summed E-state index contributed by atoms with van der Waals surface area (Å²) in [4.78, 5) is 24.5. The molecule has 5 nitrogen and oxygen atoms in total. The molecule has 0 aliphatic carbocycles. The number of carbonyl (C=O) groups is 2. The van der Waals surface area contributed by atoms with Crippen molar-refractivity contribution in [3.05, 3.63) is 71.2 Å². The van der Waals surface area contributed by atoms with Crippen LogP contribution in [0.5, 0.6) is 0 Å². The number of hydrogen-bond donors (Lipinski definition) is 1. The molecule has 0 saturated heterocycles. The van der Waals surface area contributed by atoms with E-state index in [0.717, 1.165) is 5.56 Å². The Morgan fingerprint density at radius 1 is 1.19 bits per heavy atom. The molecule has 0 aliphatic rings. The number of hydrogen-bond acceptors (Lipinski definition) is 4. The van der Waals surface area contributed by atoms with Crippen LogP contribution in [0, 0.1) is 12.7 Å². The Balaban J connectivity index is 1.58. The second kappa shape index (κ2) is 8.03. The number of benzene rings is 2. The van der Waals surface area contributed by atoms with Crippen LogP contribution < -0.4 is 5.32 Å². The molecular formula is C21H20FNO4. The SMILES string of the molecule is Cc1c(C(=O)O[C@@H](C)C(=O)NCCc2ccccc2)oc2ccc(F)cc12. The molecule has 0 radical (unpaired) electrons. The highest BCUT2D eigenvalue weighted by atomic mass is 19.1. The van der Waals surface area contributed by atoms with Crippen LogP contribution in [-0.2, 0) is 16.0 Å². The third kappa shape index (κ3) is 4.34. The lowest BCUT2D eigenvalue weighted by atomic mass is 10.1. The summed E-state index contributed by atoms with van der Waals surface area (Å²) >= 11 is 0. The van der Waals surface area contributed by atoms with Crippen molar-refractivity contribution in [1.82, 2.24) is 5.32 Å². The van der Waals surface area contributed by atoms with Crippen molar-refractivity contribution in [3.63, 3.8) is 0 Å². The Hall–Kier alpha value is -3.15. The fourth-order valence-electron chi connectivity index (χ4n) is 2.77. The number of aryl methyl sites for hydroxylation is 1. The van der Waals surface area contributed by atoms with Crippen LogP contribution >= 0.6 is 0 Å². The van der Waals surface area contributed by atoms with Crippen molar-refractivity contribution in [2.45, 2.75) is 26.4 Å². The van der Waals surface area contributed by atoms with Crippen LogP contribution in [0.25, 0.3) is 11.0 Å². The van der Waals surface area contributed by atoms with E-state index in [-0.39, 0.29) is 11.7 Å². The molecule has 1 atom stereocenters. The maximum Gasteiger partial charge on any atom is 0.375 e. The maximum absolute atomic E-state index is 13.4. The zero-order valence-corrected chi connectivity index (χ0v) is 15.1. The van der Waals surface area contributed by atoms with Gasteiger partial charge in [0.2, 0.25) is 5.76 Å². The highest BCUT2D eigenvalue weighted by molar-refractivity contribution is 5.97. The molecule has 0 aliphatic heterocycles. The lowest BCUT2D eigenvalue weighted by Gasteiger charge is -2.13. The fourth-order valence-corrected chi connectivity index (χ4v) is 2.77. The highest BCUT2D eigenvalue weighted by Crippen LogP contribution is 2.26. The average Bonchev–Trinajstić information content (AvgIpc) is 2.99. The Morgan fingerprint density at radius 3 is 2.67 bits per heavy atom. The molecule has 0 spiro atoms. The van der Waals surface area contributed by atoms with Gasteiger partial charge in [-0.2, -0.15) is 0 Å². The largest absolute Gasteiger partial charge is 0.449 e. The normalized spacial score (nSPS) is 12.0. The number of rotatable bonds is 6. The molecule has 3 aromatic rings. The molecule has 1 N–H and O–H groups in total. The summed E-state index contributed by atoms with van der Waals surface area (Å²) in [5.41, 5.74) is 1.97. The lowest BCUT2D eigenvalue weighted by molar-refractivity contribution is -0.129. The van der Waals surface area contributed by atoms with Gasteiger partial charge < -0.3 is 14.5 Å². The number of fused-ring (bicyclic) bond motifs is 1. The minimum absolute atomic E-state index is 0.0282. The van der Waals surface area contributed by atoms with Crippen LogP contribution in [-0.4, -0.2) is 24.5 Å². The van der Waals surface area contributed by atoms with Gasteiger partial charge in [-0.3, -0.25) is 4.79 Å². The Labute approximate surface area is 156 Å². The molecule has 0 unspecified atom stereocenters. The van der Waals surface area contributed by atoms with Crippen LogP contribution in [0.4, 0.5) is 4.39 Å². The van der Waals surface area contributed by atoms with Gasteiger partial charge in [-0.15, -0.1) is 0 Å². The third-order valence-corrected chi connectivity index (χ3v) is 4.29. The monoisotopic (exact) mass is 369 g/mol. The number of esters is 1. The van der Waals surface area contributed by atoms with Crippen molar-refractivity contribution < 1.29 is 23.1 Å². The number of amides is 1. The Kier molecular flexibility index (Phi) is 5.54. The number of carbonyl (C=O) groups excluding carboxylic acids is 2. The van der Waals surface area contributed by atoms with E-state index in [9.17, 15) is 14.0 Å². The molecule has 6 heteroatoms. The minimum atomic E-state index is -0.974. The maximum atomic E-state index is 13.4. The van der Waals surface area contributed by atoms with Gasteiger partial charge in [0.1, 0.15) is 11.4 Å². The number of ether oxygens (including phenoxy) is 1. The average molecular weight is 369 g/mol. The molecule has 0 saturated carbocycles. The van der Waals surface area contributed by atoms with Crippen LogP contribution in [0.1, 0.15) is 28.6 Å². The first-order valence-electron chi connectivity index (χ1n) is 8.67. The van der Waals surface area contributed by atoms with Gasteiger partial charge in [0.25, 0.3) is 5.91 Å². The summed E-state index contributed by atoms with van der Waals surface area (Å²) < 4.78 is 24.0. The molecule has 1 aromatic heterocycles. The van der Waals surface area contributed by atoms with Gasteiger partial charge >= 0.3 is 5.97 Å². The molecular weight excluding hydrogens is 349 g/mol. The molecule has 27 heavy (non-hydrogen) atoms. The second-order valence-electron chi connectivity index (χ2n) is 6.27. The third-order valence-electron chi connectivity index (χ3n) is 4.29. The zero-order valence-electron chi connectivity index (χ0n) is 15.1. The van der Waals surface area contributed by atoms with E-state index >= 15 is 0 Å². The van der Waals surface area contributed by atoms with E-state index in [1.54, 1.807) is 6.92 Å². The first-order valence-corrected chi connectivity index (χ1v) is 8.67. The van der Waals surface area contributed by atoms with Gasteiger partial charge in [-0.25, -0.2) is 9.18 Å². The van der Waals surface area contributed by atoms with Crippen molar-refractivity contribution in [3.8, 4) is 0 Å². The topological polar surface area (TPSA) is 68.5 Å². The van der Waals surface area contributed by atoms with Gasteiger partial charge in [0, 0.05) is 17.5 Å². The number of furan rings is 1. The lowest BCUT2D eigenvalue weighted by Crippen LogP contribution is -2.36. The van der Waals surface area contributed by atoms with Gasteiger partial charge in [0.15, 0.2) is 6.10 Å². The van der Waals surface area contributed by atoms with E-state index in [1.165, 1.54) is 25.1 Å². The Bertz CT molecular complexity index is 965. The van der Waals surface area contributed by atoms with E-state index in [4.69, 9.17) is 9.15 Å². The van der Waals surface area contributed by atoms with E-state index in [1.807, 2.05) is 30.3 Å². The summed E-state index contributed by atoms with van der Waals surface area (Å²) in [6.45, 7) is 3.58. The smallest absolute Gasteiger partial charge is 0.375 e. The van der Waals surface area contributed by atoms with Crippen molar-refractivity contribution in [2.75, 3.05) is 6.54 Å². The molecule has 1 amide bonds. The van der Waals surface area contributed by atoms with Crippen molar-refractivity contribution in [1.29, 1.82) is 0 Å². The number of halogens is 1. The van der Waals surface area contributed by atoms with Crippen LogP contribution in [0.15, 0.2) is 52.9 Å². The standard InChI is InChI=1S/C21H20FNO4/c1-13-17-12-16(22)8-9-18(17)27-19(13)21(25)26-14(2)20(24)23-11-10-15-6-4-3-5-7-15/h3-9,12,14H,10-11H2,1-2H3,(H,23,24)/t14-/m0/s1. The molecule has 0 bridgehead atoms. The Morgan fingerprint density at radius 2 is 1.93 bits per heavy atom. The molecule has 1 heterocycles. The first kappa shape index (κ1) is 18.6. The van der Waals surface area contributed by atoms with Crippen molar-refractivity contribution in [2.24, 2.45) is 0 Å². The zero-order chi connectivity index (χ0) is 19.4. The molecule has 140 valence electrons. The van der Waals surface area contributed by atoms with Crippen LogP contribution in [0.2, 0.25) is 0 Å². The van der Waals surface area contributed by atoms with E-state index in [0.29, 0.717) is 29.5 Å². The van der Waals surface area contributed by atoms with Gasteiger partial charge in [0.05, 0.1) is 0 Å². The van der Waals surface area contributed by atoms with Crippen LogP contribution in [0.3, 0.4) is 0 Å². The summed E-state index contributed by atoms with van der Waals surface area (Å²) in [5.74, 6) is -1.59. The van der Waals surface area contributed by atoms with E-state index < -0.39 is 17.9 Å². The quantitative estimate of drug-likeness (QED) is 0.672. The summed E-state index contributed by atoms with van der Waals surface area (Å²) in [7, 11) is 0.